The highest BCUT2D eigenvalue weighted by atomic mass is 16.5. The molecule has 0 spiro atoms. The van der Waals surface area contributed by atoms with Crippen LogP contribution < -0.4 is 0 Å². The van der Waals surface area contributed by atoms with Crippen molar-refractivity contribution in [3.05, 3.63) is 0 Å². The number of hydrogen-bond donors (Lipinski definition) is 0. The molecular formula is C18H29N3O3. The second kappa shape index (κ2) is 5.99. The van der Waals surface area contributed by atoms with Crippen LogP contribution in [0.15, 0.2) is 0 Å². The van der Waals surface area contributed by atoms with E-state index in [1.807, 2.05) is 4.90 Å². The monoisotopic (exact) mass is 335 g/mol. The number of rotatable bonds is 3. The molecule has 1 saturated carbocycles. The zero-order valence-corrected chi connectivity index (χ0v) is 14.9. The summed E-state index contributed by atoms with van der Waals surface area (Å²) in [7, 11) is 0. The maximum atomic E-state index is 13.0. The highest BCUT2D eigenvalue weighted by molar-refractivity contribution is 6.05. The van der Waals surface area contributed by atoms with Gasteiger partial charge in [0.25, 0.3) is 5.91 Å². The third-order valence-corrected chi connectivity index (χ3v) is 6.50. The van der Waals surface area contributed by atoms with Crippen molar-refractivity contribution in [1.29, 1.82) is 0 Å². The molecular weight excluding hydrogens is 306 g/mol. The molecule has 0 bridgehead atoms. The summed E-state index contributed by atoms with van der Waals surface area (Å²) in [6, 6.07) is 0.0727. The van der Waals surface area contributed by atoms with Gasteiger partial charge in [-0.2, -0.15) is 0 Å². The number of imide groups is 1. The largest absolute Gasteiger partial charge is 0.379 e. The summed E-state index contributed by atoms with van der Waals surface area (Å²) >= 11 is 0. The first-order valence-electron chi connectivity index (χ1n) is 9.45. The zero-order chi connectivity index (χ0) is 16.9. The topological polar surface area (TPSA) is 53.1 Å². The Morgan fingerprint density at radius 1 is 1.12 bits per heavy atom. The lowest BCUT2D eigenvalue weighted by atomic mass is 9.84. The summed E-state index contributed by atoms with van der Waals surface area (Å²) in [5.74, 6) is 0.585. The fraction of sp³-hybridized carbons (Fsp3) is 0.889. The molecule has 3 heterocycles. The fourth-order valence-electron chi connectivity index (χ4n) is 5.17. The van der Waals surface area contributed by atoms with E-state index in [1.54, 1.807) is 0 Å². The van der Waals surface area contributed by atoms with Crippen molar-refractivity contribution in [2.45, 2.75) is 63.6 Å². The van der Waals surface area contributed by atoms with Gasteiger partial charge in [-0.3, -0.25) is 14.6 Å². The summed E-state index contributed by atoms with van der Waals surface area (Å²) in [5.41, 5.74) is -0.208. The summed E-state index contributed by atoms with van der Waals surface area (Å²) in [5, 5.41) is 0. The van der Waals surface area contributed by atoms with Gasteiger partial charge in [0.05, 0.1) is 13.2 Å². The smallest absolute Gasteiger partial charge is 0.327 e. The van der Waals surface area contributed by atoms with Crippen molar-refractivity contribution in [1.82, 2.24) is 14.7 Å². The molecule has 3 saturated heterocycles. The molecule has 4 rings (SSSR count). The van der Waals surface area contributed by atoms with Crippen molar-refractivity contribution < 1.29 is 14.3 Å². The normalized spacial score (nSPS) is 34.7. The first kappa shape index (κ1) is 16.3. The Hall–Kier alpha value is -1.14. The molecule has 0 aromatic heterocycles. The van der Waals surface area contributed by atoms with Gasteiger partial charge >= 0.3 is 6.03 Å². The van der Waals surface area contributed by atoms with E-state index < -0.39 is 0 Å². The van der Waals surface area contributed by atoms with Crippen LogP contribution in [0, 0.1) is 5.92 Å². The lowest BCUT2D eigenvalue weighted by molar-refractivity contribution is -0.129. The molecule has 0 unspecified atom stereocenters. The first-order chi connectivity index (χ1) is 11.5. The lowest BCUT2D eigenvalue weighted by Gasteiger charge is -2.42. The van der Waals surface area contributed by atoms with Gasteiger partial charge in [0.1, 0.15) is 6.04 Å². The highest BCUT2D eigenvalue weighted by Crippen LogP contribution is 2.43. The SMILES string of the molecule is CC(C)(CN1C(=O)[C@@H]2C[C@@H]3CCCC[C@@H]3N2C1=O)N1CCOCC1. The molecule has 24 heavy (non-hydrogen) atoms. The first-order valence-corrected chi connectivity index (χ1v) is 9.45. The maximum Gasteiger partial charge on any atom is 0.327 e. The Morgan fingerprint density at radius 3 is 2.58 bits per heavy atom. The predicted octanol–water partition coefficient (Wildman–Crippen LogP) is 1.69. The number of hydrogen-bond acceptors (Lipinski definition) is 4. The molecule has 0 radical (unpaired) electrons. The third-order valence-electron chi connectivity index (χ3n) is 6.50. The Balaban J connectivity index is 1.49. The van der Waals surface area contributed by atoms with Crippen LogP contribution in [-0.4, -0.2) is 77.1 Å². The Labute approximate surface area is 144 Å². The molecule has 0 aromatic carbocycles. The molecule has 3 atom stereocenters. The Morgan fingerprint density at radius 2 is 1.83 bits per heavy atom. The van der Waals surface area contributed by atoms with E-state index >= 15 is 0 Å². The summed E-state index contributed by atoms with van der Waals surface area (Å²) in [6.45, 7) is 7.92. The van der Waals surface area contributed by atoms with Crippen LogP contribution in [0.5, 0.6) is 0 Å². The fourth-order valence-corrected chi connectivity index (χ4v) is 5.17. The van der Waals surface area contributed by atoms with Gasteiger partial charge in [0.15, 0.2) is 0 Å². The van der Waals surface area contributed by atoms with Crippen LogP contribution in [0.4, 0.5) is 4.79 Å². The van der Waals surface area contributed by atoms with Gasteiger partial charge in [0, 0.05) is 31.2 Å². The highest BCUT2D eigenvalue weighted by Gasteiger charge is 2.56. The van der Waals surface area contributed by atoms with E-state index in [2.05, 4.69) is 18.7 Å². The standard InChI is InChI=1S/C18H29N3O3/c1-18(2,19-7-9-24-10-8-19)12-20-16(22)15-11-13-5-3-4-6-14(13)21(15)17(20)23/h13-15H,3-12H2,1-2H3/t13-,14-,15-/m0/s1. The third kappa shape index (κ3) is 2.54. The summed E-state index contributed by atoms with van der Waals surface area (Å²) < 4.78 is 5.43. The predicted molar refractivity (Wildman–Crippen MR) is 89.6 cm³/mol. The van der Waals surface area contributed by atoms with E-state index in [1.165, 1.54) is 24.2 Å². The molecule has 134 valence electrons. The zero-order valence-electron chi connectivity index (χ0n) is 14.9. The second-order valence-corrected chi connectivity index (χ2v) is 8.39. The molecule has 3 amide bonds. The van der Waals surface area contributed by atoms with Crippen molar-refractivity contribution in [3.8, 4) is 0 Å². The Bertz CT molecular complexity index is 530. The molecule has 6 nitrogen and oxygen atoms in total. The van der Waals surface area contributed by atoms with Gasteiger partial charge in [-0.05, 0) is 39.0 Å². The quantitative estimate of drug-likeness (QED) is 0.737. The van der Waals surface area contributed by atoms with Crippen molar-refractivity contribution in [2.75, 3.05) is 32.8 Å². The molecule has 0 aromatic rings. The number of carbonyl (C=O) groups excluding carboxylic acids is 2. The van der Waals surface area contributed by atoms with E-state index in [-0.39, 0.29) is 23.5 Å². The van der Waals surface area contributed by atoms with Crippen LogP contribution in [0.2, 0.25) is 0 Å². The molecule has 1 aliphatic carbocycles. The number of morpholine rings is 1. The second-order valence-electron chi connectivity index (χ2n) is 8.39. The maximum absolute atomic E-state index is 13.0. The number of ether oxygens (including phenoxy) is 1. The van der Waals surface area contributed by atoms with E-state index in [9.17, 15) is 9.59 Å². The number of amides is 3. The van der Waals surface area contributed by atoms with Crippen LogP contribution in [0.1, 0.15) is 46.0 Å². The van der Waals surface area contributed by atoms with Crippen LogP contribution in [-0.2, 0) is 9.53 Å². The van der Waals surface area contributed by atoms with E-state index in [0.717, 1.165) is 39.1 Å². The minimum Gasteiger partial charge on any atom is -0.379 e. The summed E-state index contributed by atoms with van der Waals surface area (Å²) in [4.78, 5) is 31.7. The number of nitrogens with zero attached hydrogens (tertiary/aromatic N) is 3. The molecule has 3 aliphatic heterocycles. The van der Waals surface area contributed by atoms with Gasteiger partial charge in [0.2, 0.25) is 0 Å². The van der Waals surface area contributed by atoms with Crippen LogP contribution in [0.3, 0.4) is 0 Å². The van der Waals surface area contributed by atoms with Gasteiger partial charge in [-0.1, -0.05) is 12.8 Å². The lowest BCUT2D eigenvalue weighted by Crippen LogP contribution is -2.56. The van der Waals surface area contributed by atoms with E-state index in [4.69, 9.17) is 4.74 Å². The molecule has 4 fully saturated rings. The summed E-state index contributed by atoms with van der Waals surface area (Å²) in [6.07, 6.45) is 5.56. The average molecular weight is 335 g/mol. The van der Waals surface area contributed by atoms with E-state index in [0.29, 0.717) is 18.5 Å². The minimum absolute atomic E-state index is 0.0377. The average Bonchev–Trinajstić information content (AvgIpc) is 3.07. The number of fused-ring (bicyclic) bond motifs is 3. The van der Waals surface area contributed by atoms with Crippen molar-refractivity contribution in [3.63, 3.8) is 0 Å². The minimum atomic E-state index is -0.208. The Kier molecular flexibility index (Phi) is 4.07. The van der Waals surface area contributed by atoms with Crippen molar-refractivity contribution in [2.24, 2.45) is 5.92 Å². The number of carbonyl (C=O) groups is 2. The molecule has 0 N–H and O–H groups in total. The number of urea groups is 1. The van der Waals surface area contributed by atoms with Crippen molar-refractivity contribution >= 4 is 11.9 Å². The van der Waals surface area contributed by atoms with Gasteiger partial charge in [-0.25, -0.2) is 4.79 Å². The van der Waals surface area contributed by atoms with Gasteiger partial charge < -0.3 is 9.64 Å². The van der Waals surface area contributed by atoms with Gasteiger partial charge in [-0.15, -0.1) is 0 Å². The molecule has 4 aliphatic rings. The van der Waals surface area contributed by atoms with Crippen LogP contribution >= 0.6 is 0 Å². The molecule has 6 heteroatoms. The van der Waals surface area contributed by atoms with Crippen LogP contribution in [0.25, 0.3) is 0 Å².